The molecule has 1 aliphatic carbocycles. The van der Waals surface area contributed by atoms with Gasteiger partial charge in [0.15, 0.2) is 0 Å². The summed E-state index contributed by atoms with van der Waals surface area (Å²) in [6.07, 6.45) is 3.66. The molecule has 2 atom stereocenters. The summed E-state index contributed by atoms with van der Waals surface area (Å²) in [5.41, 5.74) is 10.0. The first-order valence-electron chi connectivity index (χ1n) is 11.4. The zero-order valence-electron chi connectivity index (χ0n) is 18.9. The van der Waals surface area contributed by atoms with Crippen molar-refractivity contribution in [2.45, 2.75) is 46.0 Å². The fourth-order valence-electron chi connectivity index (χ4n) is 4.03. The number of amides is 2. The normalized spacial score (nSPS) is 13.8. The van der Waals surface area contributed by atoms with Crippen molar-refractivity contribution in [2.24, 2.45) is 17.6 Å². The summed E-state index contributed by atoms with van der Waals surface area (Å²) < 4.78 is 5.88. The van der Waals surface area contributed by atoms with Crippen LogP contribution < -0.4 is 15.8 Å². The van der Waals surface area contributed by atoms with Crippen LogP contribution in [0.25, 0.3) is 0 Å². The van der Waals surface area contributed by atoms with Crippen molar-refractivity contribution >= 4 is 11.8 Å². The van der Waals surface area contributed by atoms with Crippen molar-refractivity contribution in [3.8, 4) is 17.6 Å². The number of nitrogens with two attached hydrogens (primary N) is 1. The zero-order chi connectivity index (χ0) is 22.9. The molecule has 5 nitrogen and oxygen atoms in total. The topological polar surface area (TPSA) is 81.4 Å². The van der Waals surface area contributed by atoms with Gasteiger partial charge in [-0.15, -0.1) is 0 Å². The molecule has 168 valence electrons. The SMILES string of the molecule is CCC(CC(CC)C(=O)NCCOc1ccc2c(c1)CCc1ccccc1C#C2)C(N)=O. The molecule has 0 aromatic heterocycles. The molecule has 3 N–H and O–H groups in total. The lowest BCUT2D eigenvalue weighted by Gasteiger charge is -2.19. The highest BCUT2D eigenvalue weighted by atomic mass is 16.5. The van der Waals surface area contributed by atoms with Gasteiger partial charge in [-0.3, -0.25) is 9.59 Å². The van der Waals surface area contributed by atoms with Gasteiger partial charge in [0.1, 0.15) is 12.4 Å². The van der Waals surface area contributed by atoms with Crippen LogP contribution in [0.4, 0.5) is 0 Å². The van der Waals surface area contributed by atoms with Gasteiger partial charge in [0.05, 0.1) is 6.54 Å². The standard InChI is InChI=1S/C27H32N2O3/c1-3-19(26(28)30)17-20(4-2)27(31)29-15-16-32-25-14-13-23-10-9-21-7-5-6-8-22(21)11-12-24(23)18-25/h5-8,13-14,18-20H,3-4,11-12,15-17H2,1-2H3,(H2,28,30)(H,29,31). The molecule has 2 aromatic carbocycles. The molecule has 0 heterocycles. The van der Waals surface area contributed by atoms with Crippen molar-refractivity contribution in [2.75, 3.05) is 13.2 Å². The second-order valence-electron chi connectivity index (χ2n) is 8.21. The van der Waals surface area contributed by atoms with Crippen molar-refractivity contribution in [1.82, 2.24) is 5.32 Å². The maximum atomic E-state index is 12.5. The van der Waals surface area contributed by atoms with Crippen LogP contribution in [-0.4, -0.2) is 25.0 Å². The third-order valence-electron chi connectivity index (χ3n) is 6.09. The highest BCUT2D eigenvalue weighted by Gasteiger charge is 2.23. The lowest BCUT2D eigenvalue weighted by molar-refractivity contribution is -0.127. The Hall–Kier alpha value is -3.26. The summed E-state index contributed by atoms with van der Waals surface area (Å²) in [6.45, 7) is 4.66. The first-order valence-corrected chi connectivity index (χ1v) is 11.4. The number of aryl methyl sites for hydroxylation is 2. The molecule has 2 aromatic rings. The molecular weight excluding hydrogens is 400 g/mol. The summed E-state index contributed by atoms with van der Waals surface area (Å²) in [7, 11) is 0. The number of ether oxygens (including phenoxy) is 1. The van der Waals surface area contributed by atoms with E-state index in [0.717, 1.165) is 29.7 Å². The molecule has 32 heavy (non-hydrogen) atoms. The lowest BCUT2D eigenvalue weighted by Crippen LogP contribution is -2.36. The molecule has 0 saturated carbocycles. The second-order valence-corrected chi connectivity index (χ2v) is 8.21. The largest absolute Gasteiger partial charge is 0.492 e. The van der Waals surface area contributed by atoms with E-state index in [4.69, 9.17) is 10.5 Å². The summed E-state index contributed by atoms with van der Waals surface area (Å²) in [5, 5.41) is 2.93. The van der Waals surface area contributed by atoms with Crippen LogP contribution in [0.2, 0.25) is 0 Å². The molecule has 0 aliphatic heterocycles. The predicted octanol–water partition coefficient (Wildman–Crippen LogP) is 3.61. The number of nitrogens with one attached hydrogen (secondary N) is 1. The molecule has 2 amide bonds. The van der Waals surface area contributed by atoms with Gasteiger partial charge in [0, 0.05) is 23.0 Å². The van der Waals surface area contributed by atoms with Crippen LogP contribution in [0, 0.1) is 23.7 Å². The van der Waals surface area contributed by atoms with Crippen LogP contribution in [0.1, 0.15) is 55.4 Å². The number of rotatable bonds is 10. The smallest absolute Gasteiger partial charge is 0.223 e. The Bertz CT molecular complexity index is 1020. The van der Waals surface area contributed by atoms with Crippen LogP contribution in [0.3, 0.4) is 0 Å². The van der Waals surface area contributed by atoms with Crippen molar-refractivity contribution < 1.29 is 14.3 Å². The Morgan fingerprint density at radius 1 is 1.00 bits per heavy atom. The third kappa shape index (κ3) is 6.13. The second kappa shape index (κ2) is 11.4. The molecule has 0 fully saturated rings. The van der Waals surface area contributed by atoms with Crippen molar-refractivity contribution in [1.29, 1.82) is 0 Å². The number of primary amides is 1. The van der Waals surface area contributed by atoms with E-state index in [-0.39, 0.29) is 23.7 Å². The molecule has 0 radical (unpaired) electrons. The molecule has 3 rings (SSSR count). The fourth-order valence-corrected chi connectivity index (χ4v) is 4.03. The third-order valence-corrected chi connectivity index (χ3v) is 6.09. The van der Waals surface area contributed by atoms with Gasteiger partial charge < -0.3 is 15.8 Å². The van der Waals surface area contributed by atoms with Gasteiger partial charge in [0.2, 0.25) is 11.8 Å². The number of fused-ring (bicyclic) bond motifs is 2. The van der Waals surface area contributed by atoms with E-state index in [2.05, 4.69) is 35.4 Å². The maximum absolute atomic E-state index is 12.5. The van der Waals surface area contributed by atoms with Gasteiger partial charge >= 0.3 is 0 Å². The predicted molar refractivity (Wildman–Crippen MR) is 126 cm³/mol. The number of hydrogen-bond donors (Lipinski definition) is 2. The molecule has 0 bridgehead atoms. The highest BCUT2D eigenvalue weighted by molar-refractivity contribution is 5.81. The molecule has 0 spiro atoms. The monoisotopic (exact) mass is 432 g/mol. The molecule has 5 heteroatoms. The van der Waals surface area contributed by atoms with Crippen LogP contribution in [0.15, 0.2) is 42.5 Å². The Balaban J connectivity index is 1.52. The Morgan fingerprint density at radius 3 is 2.41 bits per heavy atom. The highest BCUT2D eigenvalue weighted by Crippen LogP contribution is 2.22. The first kappa shape index (κ1) is 23.4. The van der Waals surface area contributed by atoms with Gasteiger partial charge in [-0.1, -0.05) is 43.9 Å². The minimum absolute atomic E-state index is 0.0529. The molecular formula is C27H32N2O3. The summed E-state index contributed by atoms with van der Waals surface area (Å²) in [5.74, 6) is 6.47. The van der Waals surface area contributed by atoms with Gasteiger partial charge in [0.25, 0.3) is 0 Å². The van der Waals surface area contributed by atoms with Gasteiger partial charge in [-0.05, 0) is 67.5 Å². The number of benzene rings is 2. The van der Waals surface area contributed by atoms with E-state index < -0.39 is 0 Å². The van der Waals surface area contributed by atoms with Crippen LogP contribution >= 0.6 is 0 Å². The summed E-state index contributed by atoms with van der Waals surface area (Å²) in [6, 6.07) is 14.3. The quantitative estimate of drug-likeness (QED) is 0.445. The average Bonchev–Trinajstić information content (AvgIpc) is 2.79. The number of carbonyl (C=O) groups excluding carboxylic acids is 2. The number of hydrogen-bond acceptors (Lipinski definition) is 3. The maximum Gasteiger partial charge on any atom is 0.223 e. The molecule has 1 aliphatic rings. The van der Waals surface area contributed by atoms with E-state index in [1.165, 1.54) is 11.1 Å². The van der Waals surface area contributed by atoms with Crippen LogP contribution in [-0.2, 0) is 22.4 Å². The average molecular weight is 433 g/mol. The lowest BCUT2D eigenvalue weighted by atomic mass is 9.89. The van der Waals surface area contributed by atoms with Gasteiger partial charge in [-0.25, -0.2) is 0 Å². The van der Waals surface area contributed by atoms with E-state index in [9.17, 15) is 9.59 Å². The summed E-state index contributed by atoms with van der Waals surface area (Å²) in [4.78, 5) is 24.0. The van der Waals surface area contributed by atoms with E-state index in [1.807, 2.05) is 38.1 Å². The fraction of sp³-hybridized carbons (Fsp3) is 0.407. The van der Waals surface area contributed by atoms with Crippen molar-refractivity contribution in [3.05, 3.63) is 64.7 Å². The van der Waals surface area contributed by atoms with Gasteiger partial charge in [-0.2, -0.15) is 0 Å². The Morgan fingerprint density at radius 2 is 1.69 bits per heavy atom. The summed E-state index contributed by atoms with van der Waals surface area (Å²) >= 11 is 0. The molecule has 0 saturated heterocycles. The first-order chi connectivity index (χ1) is 15.5. The minimum Gasteiger partial charge on any atom is -0.492 e. The molecule has 2 unspecified atom stereocenters. The zero-order valence-corrected chi connectivity index (χ0v) is 18.9. The van der Waals surface area contributed by atoms with E-state index in [1.54, 1.807) is 0 Å². The Kier molecular flexibility index (Phi) is 8.33. The van der Waals surface area contributed by atoms with E-state index >= 15 is 0 Å². The van der Waals surface area contributed by atoms with Crippen LogP contribution in [0.5, 0.6) is 5.75 Å². The Labute approximate surface area is 190 Å². The van der Waals surface area contributed by atoms with Crippen molar-refractivity contribution in [3.63, 3.8) is 0 Å². The number of carbonyl (C=O) groups is 2. The minimum atomic E-state index is -0.339. The van der Waals surface area contributed by atoms with E-state index in [0.29, 0.717) is 32.4 Å².